The average molecular weight is 237 g/mol. The summed E-state index contributed by atoms with van der Waals surface area (Å²) in [7, 11) is 0. The summed E-state index contributed by atoms with van der Waals surface area (Å²) in [4.78, 5) is 11.0. The van der Waals surface area contributed by atoms with Crippen molar-refractivity contribution >= 4 is 11.7 Å². The standard InChI is InChI=1S/C9H7F4NO2/c10-5-2-7(14)6(11)1-4(5)9(15)16-3-8(12)13/h1-2,8H,3,14H2. The largest absolute Gasteiger partial charge is 0.456 e. The number of nitrogen functional groups attached to an aromatic ring is 1. The van der Waals surface area contributed by atoms with Gasteiger partial charge < -0.3 is 10.5 Å². The van der Waals surface area contributed by atoms with Gasteiger partial charge in [-0.1, -0.05) is 0 Å². The molecule has 3 nitrogen and oxygen atoms in total. The van der Waals surface area contributed by atoms with Crippen molar-refractivity contribution in [1.29, 1.82) is 0 Å². The van der Waals surface area contributed by atoms with Crippen molar-refractivity contribution in [2.45, 2.75) is 6.43 Å². The average Bonchev–Trinajstić information content (AvgIpc) is 2.20. The van der Waals surface area contributed by atoms with E-state index in [4.69, 9.17) is 5.73 Å². The van der Waals surface area contributed by atoms with Crippen LogP contribution >= 0.6 is 0 Å². The van der Waals surface area contributed by atoms with Gasteiger partial charge in [-0.3, -0.25) is 0 Å². The molecule has 16 heavy (non-hydrogen) atoms. The summed E-state index contributed by atoms with van der Waals surface area (Å²) in [5.41, 5.74) is 3.77. The molecule has 0 aliphatic carbocycles. The van der Waals surface area contributed by atoms with E-state index in [1.807, 2.05) is 0 Å². The fraction of sp³-hybridized carbons (Fsp3) is 0.222. The lowest BCUT2D eigenvalue weighted by molar-refractivity contribution is 0.0155. The molecule has 88 valence electrons. The molecule has 0 heterocycles. The van der Waals surface area contributed by atoms with Crippen LogP contribution in [0.3, 0.4) is 0 Å². The smallest absolute Gasteiger partial charge is 0.341 e. The van der Waals surface area contributed by atoms with Gasteiger partial charge in [0, 0.05) is 6.07 Å². The Kier molecular flexibility index (Phi) is 3.70. The van der Waals surface area contributed by atoms with Crippen LogP contribution in [0.15, 0.2) is 12.1 Å². The summed E-state index contributed by atoms with van der Waals surface area (Å²) >= 11 is 0. The fourth-order valence-electron chi connectivity index (χ4n) is 0.935. The summed E-state index contributed by atoms with van der Waals surface area (Å²) < 4.78 is 53.3. The first kappa shape index (κ1) is 12.3. The van der Waals surface area contributed by atoms with Crippen molar-refractivity contribution < 1.29 is 27.1 Å². The highest BCUT2D eigenvalue weighted by Crippen LogP contribution is 2.17. The first-order valence-electron chi connectivity index (χ1n) is 4.11. The molecule has 0 radical (unpaired) electrons. The zero-order valence-electron chi connectivity index (χ0n) is 7.84. The maximum atomic E-state index is 13.1. The van der Waals surface area contributed by atoms with E-state index in [1.54, 1.807) is 0 Å². The topological polar surface area (TPSA) is 52.3 Å². The Balaban J connectivity index is 2.87. The number of alkyl halides is 2. The monoisotopic (exact) mass is 237 g/mol. The van der Waals surface area contributed by atoms with Gasteiger partial charge in [-0.15, -0.1) is 0 Å². The van der Waals surface area contributed by atoms with Crippen molar-refractivity contribution in [1.82, 2.24) is 0 Å². The van der Waals surface area contributed by atoms with E-state index in [0.717, 1.165) is 0 Å². The third-order valence-corrected chi connectivity index (χ3v) is 1.65. The van der Waals surface area contributed by atoms with Crippen LogP contribution in [-0.4, -0.2) is 19.0 Å². The van der Waals surface area contributed by atoms with Crippen LogP contribution < -0.4 is 5.73 Å². The van der Waals surface area contributed by atoms with Gasteiger partial charge in [-0.05, 0) is 6.07 Å². The van der Waals surface area contributed by atoms with Crippen LogP contribution in [0.2, 0.25) is 0 Å². The van der Waals surface area contributed by atoms with Gasteiger partial charge in [0.05, 0.1) is 11.3 Å². The van der Waals surface area contributed by atoms with Crippen molar-refractivity contribution in [3.63, 3.8) is 0 Å². The zero-order valence-corrected chi connectivity index (χ0v) is 7.84. The first-order chi connectivity index (χ1) is 7.41. The van der Waals surface area contributed by atoms with E-state index >= 15 is 0 Å². The highest BCUT2D eigenvalue weighted by atomic mass is 19.3. The van der Waals surface area contributed by atoms with Crippen LogP contribution in [0.25, 0.3) is 0 Å². The number of carbonyl (C=O) groups excluding carboxylic acids is 1. The van der Waals surface area contributed by atoms with Crippen molar-refractivity contribution in [3.05, 3.63) is 29.3 Å². The molecule has 2 N–H and O–H groups in total. The molecule has 7 heteroatoms. The second kappa shape index (κ2) is 4.82. The van der Waals surface area contributed by atoms with Crippen LogP contribution in [0.1, 0.15) is 10.4 Å². The number of benzene rings is 1. The van der Waals surface area contributed by atoms with Crippen LogP contribution in [0.5, 0.6) is 0 Å². The van der Waals surface area contributed by atoms with Gasteiger partial charge in [0.2, 0.25) is 0 Å². The van der Waals surface area contributed by atoms with Crippen LogP contribution in [0, 0.1) is 11.6 Å². The maximum absolute atomic E-state index is 13.1. The lowest BCUT2D eigenvalue weighted by atomic mass is 10.2. The molecule has 0 bridgehead atoms. The molecule has 0 spiro atoms. The number of carbonyl (C=O) groups is 1. The molecule has 1 rings (SSSR count). The molecular weight excluding hydrogens is 230 g/mol. The van der Waals surface area contributed by atoms with Crippen molar-refractivity contribution in [3.8, 4) is 0 Å². The lowest BCUT2D eigenvalue weighted by Gasteiger charge is -2.06. The molecule has 0 aliphatic heterocycles. The molecule has 0 amide bonds. The Bertz CT molecular complexity index is 409. The van der Waals surface area contributed by atoms with E-state index in [-0.39, 0.29) is 0 Å². The number of halogens is 4. The number of ether oxygens (including phenoxy) is 1. The minimum atomic E-state index is -2.87. The molecule has 0 saturated heterocycles. The quantitative estimate of drug-likeness (QED) is 0.496. The normalized spacial score (nSPS) is 10.6. The van der Waals surface area contributed by atoms with Gasteiger partial charge in [0.25, 0.3) is 6.43 Å². The van der Waals surface area contributed by atoms with Gasteiger partial charge in [0.15, 0.2) is 6.61 Å². The van der Waals surface area contributed by atoms with E-state index in [0.29, 0.717) is 12.1 Å². The number of nitrogens with two attached hydrogens (primary N) is 1. The number of esters is 1. The predicted octanol–water partition coefficient (Wildman–Crippen LogP) is 1.97. The first-order valence-corrected chi connectivity index (χ1v) is 4.11. The highest BCUT2D eigenvalue weighted by molar-refractivity contribution is 5.90. The Morgan fingerprint density at radius 3 is 2.50 bits per heavy atom. The molecule has 0 aromatic heterocycles. The predicted molar refractivity (Wildman–Crippen MR) is 47.1 cm³/mol. The summed E-state index contributed by atoms with van der Waals surface area (Å²) in [6.45, 7) is -1.18. The van der Waals surface area contributed by atoms with Crippen molar-refractivity contribution in [2.75, 3.05) is 12.3 Å². The number of hydrogen-bond donors (Lipinski definition) is 1. The number of anilines is 1. The zero-order chi connectivity index (χ0) is 12.3. The Morgan fingerprint density at radius 1 is 1.31 bits per heavy atom. The maximum Gasteiger partial charge on any atom is 0.341 e. The molecule has 0 atom stereocenters. The van der Waals surface area contributed by atoms with E-state index in [2.05, 4.69) is 4.74 Å². The van der Waals surface area contributed by atoms with E-state index in [1.165, 1.54) is 0 Å². The number of rotatable bonds is 3. The minimum Gasteiger partial charge on any atom is -0.456 e. The van der Waals surface area contributed by atoms with Gasteiger partial charge >= 0.3 is 5.97 Å². The Hall–Kier alpha value is -1.79. The summed E-state index contributed by atoms with van der Waals surface area (Å²) in [6.07, 6.45) is -2.87. The van der Waals surface area contributed by atoms with Crippen LogP contribution in [-0.2, 0) is 4.74 Å². The van der Waals surface area contributed by atoms with E-state index in [9.17, 15) is 22.4 Å². The fourth-order valence-corrected chi connectivity index (χ4v) is 0.935. The van der Waals surface area contributed by atoms with Gasteiger partial charge in [0.1, 0.15) is 11.6 Å². The Morgan fingerprint density at radius 2 is 1.94 bits per heavy atom. The molecule has 0 aliphatic rings. The van der Waals surface area contributed by atoms with Gasteiger partial charge in [-0.25, -0.2) is 22.4 Å². The number of hydrogen-bond acceptors (Lipinski definition) is 3. The Labute approximate surface area is 87.8 Å². The lowest BCUT2D eigenvalue weighted by Crippen LogP contribution is -2.13. The SMILES string of the molecule is Nc1cc(F)c(C(=O)OCC(F)F)cc1F. The molecule has 0 saturated carbocycles. The second-order valence-electron chi connectivity index (χ2n) is 2.84. The molecule has 0 fully saturated rings. The molecule has 1 aromatic rings. The third kappa shape index (κ3) is 2.85. The van der Waals surface area contributed by atoms with E-state index < -0.39 is 41.9 Å². The third-order valence-electron chi connectivity index (χ3n) is 1.65. The van der Waals surface area contributed by atoms with Crippen LogP contribution in [0.4, 0.5) is 23.2 Å². The summed E-state index contributed by atoms with van der Waals surface area (Å²) in [5, 5.41) is 0. The van der Waals surface area contributed by atoms with Crippen molar-refractivity contribution in [2.24, 2.45) is 0 Å². The molecule has 1 aromatic carbocycles. The highest BCUT2D eigenvalue weighted by Gasteiger charge is 2.17. The molecular formula is C9H7F4NO2. The second-order valence-corrected chi connectivity index (χ2v) is 2.84. The minimum absolute atomic E-state index is 0.483. The van der Waals surface area contributed by atoms with Gasteiger partial charge in [-0.2, -0.15) is 0 Å². The summed E-state index contributed by atoms with van der Waals surface area (Å²) in [5.74, 6) is -3.51. The molecule has 0 unspecified atom stereocenters. The summed E-state index contributed by atoms with van der Waals surface area (Å²) in [6, 6.07) is 1.08.